The van der Waals surface area contributed by atoms with Crippen LogP contribution < -0.4 is 0 Å². The van der Waals surface area contributed by atoms with Crippen LogP contribution in [-0.2, 0) is 17.1 Å². The molecule has 3 rings (SSSR count). The molecule has 1 atom stereocenters. The van der Waals surface area contributed by atoms with Crippen LogP contribution in [-0.4, -0.2) is 39.2 Å². The molecule has 2 heterocycles. The van der Waals surface area contributed by atoms with E-state index in [1.54, 1.807) is 0 Å². The zero-order chi connectivity index (χ0) is 16.6. The molecular weight excluding hydrogens is 318 g/mol. The van der Waals surface area contributed by atoms with Gasteiger partial charge in [0.25, 0.3) is 0 Å². The summed E-state index contributed by atoms with van der Waals surface area (Å²) >= 11 is 1.84. The second-order valence-corrected chi connectivity index (χ2v) is 7.50. The van der Waals surface area contributed by atoms with Gasteiger partial charge in [-0.15, -0.1) is 0 Å². The Morgan fingerprint density at radius 1 is 1.29 bits per heavy atom. The van der Waals surface area contributed by atoms with Crippen LogP contribution in [0.2, 0.25) is 0 Å². The minimum Gasteiger partial charge on any atom is -0.342 e. The Morgan fingerprint density at radius 2 is 2.17 bits per heavy atom. The molecule has 1 fully saturated rings. The molecule has 0 saturated carbocycles. The molecule has 0 spiro atoms. The molecular formula is C19H25N3OS. The fourth-order valence-corrected chi connectivity index (χ4v) is 4.11. The van der Waals surface area contributed by atoms with E-state index in [-0.39, 0.29) is 0 Å². The molecule has 5 heteroatoms. The lowest BCUT2D eigenvalue weighted by molar-refractivity contribution is -0.132. The van der Waals surface area contributed by atoms with Gasteiger partial charge in [-0.1, -0.05) is 30.3 Å². The summed E-state index contributed by atoms with van der Waals surface area (Å²) in [6.45, 7) is 2.77. The van der Waals surface area contributed by atoms with Gasteiger partial charge < -0.3 is 9.47 Å². The number of amides is 1. The molecule has 1 aliphatic rings. The summed E-state index contributed by atoms with van der Waals surface area (Å²) in [5.74, 6) is 2.74. The smallest absolute Gasteiger partial charge is 0.223 e. The standard InChI is InChI=1S/C19H25N3OS/c23-19(8-12-24-15-17-5-2-1-3-6-17)22-10-4-7-18(14-22)13-21-11-9-20-16-21/h1-3,5-6,9,11,16,18H,4,7-8,10,12-15H2/t18-/m0/s1. The molecule has 0 bridgehead atoms. The topological polar surface area (TPSA) is 38.1 Å². The second-order valence-electron chi connectivity index (χ2n) is 6.40. The number of rotatable bonds is 7. The monoisotopic (exact) mass is 343 g/mol. The highest BCUT2D eigenvalue weighted by Gasteiger charge is 2.23. The van der Waals surface area contributed by atoms with Gasteiger partial charge in [0.1, 0.15) is 0 Å². The molecule has 0 unspecified atom stereocenters. The summed E-state index contributed by atoms with van der Waals surface area (Å²) in [6.07, 6.45) is 8.64. The number of carbonyl (C=O) groups is 1. The lowest BCUT2D eigenvalue weighted by atomic mass is 9.97. The van der Waals surface area contributed by atoms with Crippen molar-refractivity contribution in [2.75, 3.05) is 18.8 Å². The maximum absolute atomic E-state index is 12.5. The first kappa shape index (κ1) is 17.1. The lowest BCUT2D eigenvalue weighted by Gasteiger charge is -2.33. The molecule has 2 aromatic rings. The van der Waals surface area contributed by atoms with E-state index in [2.05, 4.69) is 38.7 Å². The largest absolute Gasteiger partial charge is 0.342 e. The number of carbonyl (C=O) groups excluding carboxylic acids is 1. The van der Waals surface area contributed by atoms with Crippen LogP contribution in [0.4, 0.5) is 0 Å². The predicted molar refractivity (Wildman–Crippen MR) is 98.8 cm³/mol. The molecule has 0 N–H and O–H groups in total. The third-order valence-electron chi connectivity index (χ3n) is 4.47. The molecule has 128 valence electrons. The van der Waals surface area contributed by atoms with Crippen molar-refractivity contribution in [1.29, 1.82) is 0 Å². The first-order valence-corrected chi connectivity index (χ1v) is 9.82. The lowest BCUT2D eigenvalue weighted by Crippen LogP contribution is -2.41. The second kappa shape index (κ2) is 8.92. The van der Waals surface area contributed by atoms with Crippen molar-refractivity contribution >= 4 is 17.7 Å². The zero-order valence-corrected chi connectivity index (χ0v) is 14.8. The van der Waals surface area contributed by atoms with Crippen LogP contribution >= 0.6 is 11.8 Å². The molecule has 24 heavy (non-hydrogen) atoms. The highest BCUT2D eigenvalue weighted by molar-refractivity contribution is 7.98. The van der Waals surface area contributed by atoms with Gasteiger partial charge in [0, 0.05) is 50.0 Å². The SMILES string of the molecule is O=C(CCSCc1ccccc1)N1CCC[C@@H](Cn2ccnc2)C1. The first-order valence-electron chi connectivity index (χ1n) is 8.66. The number of hydrogen-bond donors (Lipinski definition) is 0. The van der Waals surface area contributed by atoms with Crippen LogP contribution in [0.3, 0.4) is 0 Å². The molecule has 1 aromatic heterocycles. The Labute approximate surface area is 148 Å². The van der Waals surface area contributed by atoms with E-state index in [9.17, 15) is 4.79 Å². The Hall–Kier alpha value is -1.75. The van der Waals surface area contributed by atoms with Gasteiger partial charge in [-0.05, 0) is 24.3 Å². The van der Waals surface area contributed by atoms with Gasteiger partial charge in [0.2, 0.25) is 5.91 Å². The molecule has 4 nitrogen and oxygen atoms in total. The van der Waals surface area contributed by atoms with E-state index in [1.165, 1.54) is 12.0 Å². The van der Waals surface area contributed by atoms with Crippen molar-refractivity contribution in [2.24, 2.45) is 5.92 Å². The third kappa shape index (κ3) is 5.13. The van der Waals surface area contributed by atoms with E-state index in [0.717, 1.165) is 37.6 Å². The van der Waals surface area contributed by atoms with Crippen LogP contribution in [0.1, 0.15) is 24.8 Å². The Balaban J connectivity index is 1.38. The highest BCUT2D eigenvalue weighted by Crippen LogP contribution is 2.20. The Kier molecular flexibility index (Phi) is 6.35. The fourth-order valence-electron chi connectivity index (χ4n) is 3.22. The summed E-state index contributed by atoms with van der Waals surface area (Å²) in [4.78, 5) is 18.6. The van der Waals surface area contributed by atoms with Crippen molar-refractivity contribution < 1.29 is 4.79 Å². The Morgan fingerprint density at radius 3 is 2.96 bits per heavy atom. The number of imidazole rings is 1. The van der Waals surface area contributed by atoms with Gasteiger partial charge in [0.15, 0.2) is 0 Å². The summed E-state index contributed by atoms with van der Waals surface area (Å²) < 4.78 is 2.12. The molecule has 0 radical (unpaired) electrons. The number of likely N-dealkylation sites (tertiary alicyclic amines) is 1. The van der Waals surface area contributed by atoms with Gasteiger partial charge in [-0.25, -0.2) is 4.98 Å². The maximum Gasteiger partial charge on any atom is 0.223 e. The number of nitrogens with zero attached hydrogens (tertiary/aromatic N) is 3. The van der Waals surface area contributed by atoms with Gasteiger partial charge in [-0.2, -0.15) is 11.8 Å². The molecule has 1 aromatic carbocycles. The van der Waals surface area contributed by atoms with Gasteiger partial charge in [0.05, 0.1) is 6.33 Å². The van der Waals surface area contributed by atoms with Crippen LogP contribution in [0.25, 0.3) is 0 Å². The maximum atomic E-state index is 12.5. The Bertz CT molecular complexity index is 615. The fraction of sp³-hybridized carbons (Fsp3) is 0.474. The van der Waals surface area contributed by atoms with Gasteiger partial charge in [-0.3, -0.25) is 4.79 Å². The number of hydrogen-bond acceptors (Lipinski definition) is 3. The van der Waals surface area contributed by atoms with Crippen molar-refractivity contribution in [1.82, 2.24) is 14.5 Å². The van der Waals surface area contributed by atoms with Crippen molar-refractivity contribution in [3.63, 3.8) is 0 Å². The van der Waals surface area contributed by atoms with E-state index in [4.69, 9.17) is 0 Å². The van der Waals surface area contributed by atoms with Crippen molar-refractivity contribution in [2.45, 2.75) is 31.6 Å². The van der Waals surface area contributed by atoms with Crippen LogP contribution in [0.15, 0.2) is 49.1 Å². The summed E-state index contributed by atoms with van der Waals surface area (Å²) in [6, 6.07) is 10.4. The first-order chi connectivity index (χ1) is 11.8. The number of aromatic nitrogens is 2. The molecule has 1 aliphatic heterocycles. The van der Waals surface area contributed by atoms with E-state index < -0.39 is 0 Å². The van der Waals surface area contributed by atoms with Crippen LogP contribution in [0.5, 0.6) is 0 Å². The number of benzene rings is 1. The highest BCUT2D eigenvalue weighted by atomic mass is 32.2. The predicted octanol–water partition coefficient (Wildman–Crippen LogP) is 3.45. The average Bonchev–Trinajstić information content (AvgIpc) is 3.13. The average molecular weight is 343 g/mol. The van der Waals surface area contributed by atoms with Crippen molar-refractivity contribution in [3.05, 3.63) is 54.6 Å². The van der Waals surface area contributed by atoms with E-state index in [1.807, 2.05) is 36.5 Å². The quantitative estimate of drug-likeness (QED) is 0.723. The van der Waals surface area contributed by atoms with Crippen molar-refractivity contribution in [3.8, 4) is 0 Å². The number of thioether (sulfide) groups is 1. The van der Waals surface area contributed by atoms with Gasteiger partial charge >= 0.3 is 0 Å². The minimum atomic E-state index is 0.311. The molecule has 1 saturated heterocycles. The zero-order valence-electron chi connectivity index (χ0n) is 14.0. The summed E-state index contributed by atoms with van der Waals surface area (Å²) in [5, 5.41) is 0. The third-order valence-corrected chi connectivity index (χ3v) is 5.50. The summed E-state index contributed by atoms with van der Waals surface area (Å²) in [5.41, 5.74) is 1.33. The minimum absolute atomic E-state index is 0.311. The van der Waals surface area contributed by atoms with E-state index >= 15 is 0 Å². The van der Waals surface area contributed by atoms with E-state index in [0.29, 0.717) is 18.2 Å². The number of piperidine rings is 1. The normalized spacial score (nSPS) is 17.8. The summed E-state index contributed by atoms with van der Waals surface area (Å²) in [7, 11) is 0. The molecule has 1 amide bonds. The van der Waals surface area contributed by atoms with Crippen LogP contribution in [0, 0.1) is 5.92 Å². The molecule has 0 aliphatic carbocycles.